The van der Waals surface area contributed by atoms with E-state index in [0.29, 0.717) is 34.8 Å². The number of anilines is 1. The van der Waals surface area contributed by atoms with Gasteiger partial charge in [0.25, 0.3) is 5.56 Å². The molecule has 8 heteroatoms. The Bertz CT molecular complexity index is 1280. The number of benzene rings is 2. The summed E-state index contributed by atoms with van der Waals surface area (Å²) in [4.78, 5) is 37.0. The van der Waals surface area contributed by atoms with Crippen molar-refractivity contribution in [3.05, 3.63) is 64.2 Å². The fourth-order valence-electron chi connectivity index (χ4n) is 4.51. The number of likely N-dealkylation sites (N-methyl/N-ethyl adjacent to an activating group) is 1. The molecule has 0 spiro atoms. The van der Waals surface area contributed by atoms with Crippen LogP contribution in [0.15, 0.2) is 47.3 Å². The lowest BCUT2D eigenvalue weighted by molar-refractivity contribution is -0.126. The minimum atomic E-state index is -0.292. The van der Waals surface area contributed by atoms with Crippen molar-refractivity contribution in [1.82, 2.24) is 14.9 Å². The molecular formula is C28H34N4O4. The van der Waals surface area contributed by atoms with Gasteiger partial charge in [-0.1, -0.05) is 25.0 Å². The van der Waals surface area contributed by atoms with Crippen molar-refractivity contribution in [2.75, 3.05) is 38.8 Å². The van der Waals surface area contributed by atoms with Crippen molar-refractivity contribution in [2.24, 2.45) is 0 Å². The van der Waals surface area contributed by atoms with Crippen molar-refractivity contribution < 1.29 is 14.3 Å². The van der Waals surface area contributed by atoms with Gasteiger partial charge in [-0.2, -0.15) is 0 Å². The SMILES string of the molecule is CCN(Cc1nc2cc(OC)c(OC)cc2c(=O)[nH]1)C(=O)C=Cc1ccc(N2CCCCCC2)cc1. The molecule has 1 aliphatic rings. The number of ether oxygens (including phenoxy) is 2. The van der Waals surface area contributed by atoms with Crippen LogP contribution in [0.1, 0.15) is 44.0 Å². The number of nitrogens with one attached hydrogen (secondary N) is 1. The molecular weight excluding hydrogens is 456 g/mol. The number of rotatable bonds is 8. The molecule has 0 saturated carbocycles. The van der Waals surface area contributed by atoms with Crippen LogP contribution in [0.3, 0.4) is 0 Å². The summed E-state index contributed by atoms with van der Waals surface area (Å²) < 4.78 is 10.6. The zero-order valence-electron chi connectivity index (χ0n) is 21.3. The number of aromatic amines is 1. The first-order valence-electron chi connectivity index (χ1n) is 12.5. The highest BCUT2D eigenvalue weighted by Crippen LogP contribution is 2.30. The van der Waals surface area contributed by atoms with E-state index in [4.69, 9.17) is 9.47 Å². The maximum absolute atomic E-state index is 12.9. The molecule has 1 amide bonds. The number of nitrogens with zero attached hydrogens (tertiary/aromatic N) is 3. The van der Waals surface area contributed by atoms with Gasteiger partial charge in [0.05, 0.1) is 31.7 Å². The highest BCUT2D eigenvalue weighted by Gasteiger charge is 2.15. The first-order valence-corrected chi connectivity index (χ1v) is 12.5. The minimum absolute atomic E-state index is 0.149. The van der Waals surface area contributed by atoms with Gasteiger partial charge in [0.15, 0.2) is 11.5 Å². The molecule has 36 heavy (non-hydrogen) atoms. The number of aromatic nitrogens is 2. The summed E-state index contributed by atoms with van der Waals surface area (Å²) in [6.45, 7) is 4.77. The van der Waals surface area contributed by atoms with Gasteiger partial charge < -0.3 is 24.3 Å². The van der Waals surface area contributed by atoms with E-state index >= 15 is 0 Å². The van der Waals surface area contributed by atoms with Crippen LogP contribution in [-0.4, -0.2) is 54.6 Å². The molecule has 2 heterocycles. The average Bonchev–Trinajstić information content (AvgIpc) is 3.19. The molecule has 0 bridgehead atoms. The Morgan fingerprint density at radius 2 is 1.72 bits per heavy atom. The summed E-state index contributed by atoms with van der Waals surface area (Å²) in [7, 11) is 3.05. The quantitative estimate of drug-likeness (QED) is 0.472. The van der Waals surface area contributed by atoms with Crippen LogP contribution in [0.25, 0.3) is 17.0 Å². The van der Waals surface area contributed by atoms with Gasteiger partial charge >= 0.3 is 0 Å². The third kappa shape index (κ3) is 5.87. The van der Waals surface area contributed by atoms with Crippen molar-refractivity contribution in [2.45, 2.75) is 39.2 Å². The van der Waals surface area contributed by atoms with E-state index in [1.165, 1.54) is 45.6 Å². The number of H-pyrrole nitrogens is 1. The Morgan fingerprint density at radius 3 is 2.36 bits per heavy atom. The Morgan fingerprint density at radius 1 is 1.06 bits per heavy atom. The number of hydrogen-bond donors (Lipinski definition) is 1. The van der Waals surface area contributed by atoms with Crippen LogP contribution in [0.2, 0.25) is 0 Å². The highest BCUT2D eigenvalue weighted by atomic mass is 16.5. The van der Waals surface area contributed by atoms with Gasteiger partial charge in [0.2, 0.25) is 5.91 Å². The number of methoxy groups -OCH3 is 2. The van der Waals surface area contributed by atoms with E-state index in [1.54, 1.807) is 23.1 Å². The molecule has 1 fully saturated rings. The van der Waals surface area contributed by atoms with Crippen LogP contribution in [0.4, 0.5) is 5.69 Å². The Kier molecular flexibility index (Phi) is 8.25. The van der Waals surface area contributed by atoms with Crippen LogP contribution in [-0.2, 0) is 11.3 Å². The fraction of sp³-hybridized carbons (Fsp3) is 0.393. The lowest BCUT2D eigenvalue weighted by atomic mass is 10.1. The molecule has 190 valence electrons. The first-order chi connectivity index (χ1) is 17.5. The van der Waals surface area contributed by atoms with E-state index in [-0.39, 0.29) is 18.0 Å². The van der Waals surface area contributed by atoms with E-state index in [9.17, 15) is 9.59 Å². The van der Waals surface area contributed by atoms with Crippen LogP contribution in [0, 0.1) is 0 Å². The van der Waals surface area contributed by atoms with Crippen molar-refractivity contribution >= 4 is 28.6 Å². The van der Waals surface area contributed by atoms with E-state index in [1.807, 2.05) is 25.1 Å². The molecule has 1 N–H and O–H groups in total. The standard InChI is InChI=1S/C28H34N4O4/c1-4-31(19-26-29-23-18-25(36-3)24(35-2)17-22(23)28(34)30-26)27(33)14-11-20-9-12-21(13-10-20)32-15-7-5-6-8-16-32/h9-14,17-18H,4-8,15-16,19H2,1-3H3,(H,29,30,34). The van der Waals surface area contributed by atoms with E-state index in [0.717, 1.165) is 18.7 Å². The number of amides is 1. The number of fused-ring (bicyclic) bond motifs is 1. The Balaban J connectivity index is 1.46. The van der Waals surface area contributed by atoms with Gasteiger partial charge in [0, 0.05) is 37.5 Å². The van der Waals surface area contributed by atoms with Gasteiger partial charge in [-0.05, 0) is 49.6 Å². The number of hydrogen-bond acceptors (Lipinski definition) is 6. The third-order valence-corrected chi connectivity index (χ3v) is 6.58. The summed E-state index contributed by atoms with van der Waals surface area (Å²) in [5, 5.41) is 0.397. The maximum Gasteiger partial charge on any atom is 0.258 e. The van der Waals surface area contributed by atoms with Crippen molar-refractivity contribution in [3.63, 3.8) is 0 Å². The van der Waals surface area contributed by atoms with Gasteiger partial charge in [-0.3, -0.25) is 9.59 Å². The first kappa shape index (κ1) is 25.3. The van der Waals surface area contributed by atoms with Crippen molar-refractivity contribution in [3.8, 4) is 11.5 Å². The summed E-state index contributed by atoms with van der Waals surface area (Å²) in [5.41, 5.74) is 2.39. The molecule has 8 nitrogen and oxygen atoms in total. The monoisotopic (exact) mass is 490 g/mol. The third-order valence-electron chi connectivity index (χ3n) is 6.58. The molecule has 0 aliphatic carbocycles. The van der Waals surface area contributed by atoms with Gasteiger partial charge in [-0.15, -0.1) is 0 Å². The molecule has 3 aromatic rings. The minimum Gasteiger partial charge on any atom is -0.493 e. The predicted molar refractivity (Wildman–Crippen MR) is 143 cm³/mol. The molecule has 0 radical (unpaired) electrons. The van der Waals surface area contributed by atoms with Crippen LogP contribution in [0.5, 0.6) is 11.5 Å². The van der Waals surface area contributed by atoms with Gasteiger partial charge in [-0.25, -0.2) is 4.98 Å². The molecule has 0 atom stereocenters. The molecule has 1 aliphatic heterocycles. The number of carbonyl (C=O) groups is 1. The summed E-state index contributed by atoms with van der Waals surface area (Å²) in [6, 6.07) is 11.6. The summed E-state index contributed by atoms with van der Waals surface area (Å²) in [5.74, 6) is 1.21. The molecule has 2 aromatic carbocycles. The van der Waals surface area contributed by atoms with Crippen LogP contribution < -0.4 is 19.9 Å². The second-order valence-electron chi connectivity index (χ2n) is 8.92. The molecule has 4 rings (SSSR count). The number of carbonyl (C=O) groups excluding carboxylic acids is 1. The average molecular weight is 491 g/mol. The maximum atomic E-state index is 12.9. The molecule has 1 saturated heterocycles. The predicted octanol–water partition coefficient (Wildman–Crippen LogP) is 4.38. The smallest absolute Gasteiger partial charge is 0.258 e. The Hall–Kier alpha value is -3.81. The lowest BCUT2D eigenvalue weighted by Gasteiger charge is -2.22. The van der Waals surface area contributed by atoms with Gasteiger partial charge in [0.1, 0.15) is 5.82 Å². The summed E-state index contributed by atoms with van der Waals surface area (Å²) >= 11 is 0. The summed E-state index contributed by atoms with van der Waals surface area (Å²) in [6.07, 6.45) is 8.48. The second kappa shape index (κ2) is 11.7. The zero-order valence-corrected chi connectivity index (χ0v) is 21.3. The second-order valence-corrected chi connectivity index (χ2v) is 8.92. The largest absolute Gasteiger partial charge is 0.493 e. The molecule has 1 aromatic heterocycles. The topological polar surface area (TPSA) is 87.8 Å². The Labute approximate surface area is 211 Å². The van der Waals surface area contributed by atoms with Crippen molar-refractivity contribution in [1.29, 1.82) is 0 Å². The van der Waals surface area contributed by atoms with E-state index in [2.05, 4.69) is 27.0 Å². The van der Waals surface area contributed by atoms with Crippen LogP contribution >= 0.6 is 0 Å². The lowest BCUT2D eigenvalue weighted by Crippen LogP contribution is -2.30. The fourth-order valence-corrected chi connectivity index (χ4v) is 4.51. The zero-order chi connectivity index (χ0) is 25.5. The molecule has 0 unspecified atom stereocenters. The van der Waals surface area contributed by atoms with E-state index < -0.39 is 0 Å². The normalized spacial score (nSPS) is 14.1. The highest BCUT2D eigenvalue weighted by molar-refractivity contribution is 5.91.